The minimum atomic E-state index is -3.21. The van der Waals surface area contributed by atoms with Crippen molar-refractivity contribution in [3.8, 4) is 11.1 Å². The third-order valence-electron chi connectivity index (χ3n) is 4.96. The Morgan fingerprint density at radius 1 is 1.10 bits per heavy atom. The molecule has 0 bridgehead atoms. The average molecular weight is 446 g/mol. The number of piperidine rings is 1. The Labute approximate surface area is 169 Å². The molecule has 12 heteroatoms. The molecule has 2 aromatic heterocycles. The first-order valence-electron chi connectivity index (χ1n) is 8.64. The van der Waals surface area contributed by atoms with Crippen LogP contribution in [0.15, 0.2) is 18.5 Å². The SMILES string of the molecule is CS(=O)(=O)C1CCN(c2c(-c3c(F)cc(F)cc3F)c(Cl)nc3ncnn23)CC1. The highest BCUT2D eigenvalue weighted by Crippen LogP contribution is 2.40. The maximum absolute atomic E-state index is 14.6. The van der Waals surface area contributed by atoms with Gasteiger partial charge in [0.05, 0.1) is 16.4 Å². The summed E-state index contributed by atoms with van der Waals surface area (Å²) in [5, 5.41) is 3.34. The van der Waals surface area contributed by atoms with Crippen LogP contribution in [0.4, 0.5) is 19.0 Å². The van der Waals surface area contributed by atoms with Gasteiger partial charge in [0, 0.05) is 31.5 Å². The predicted molar refractivity (Wildman–Crippen MR) is 101 cm³/mol. The van der Waals surface area contributed by atoms with Gasteiger partial charge in [-0.2, -0.15) is 19.6 Å². The molecule has 3 aromatic rings. The zero-order valence-corrected chi connectivity index (χ0v) is 16.7. The third kappa shape index (κ3) is 3.52. The van der Waals surface area contributed by atoms with Gasteiger partial charge >= 0.3 is 0 Å². The van der Waals surface area contributed by atoms with E-state index in [1.807, 2.05) is 0 Å². The number of sulfone groups is 1. The van der Waals surface area contributed by atoms with E-state index in [4.69, 9.17) is 11.6 Å². The first kappa shape index (κ1) is 19.9. The molecule has 154 valence electrons. The van der Waals surface area contributed by atoms with Crippen LogP contribution < -0.4 is 4.90 Å². The second kappa shape index (κ2) is 7.13. The van der Waals surface area contributed by atoms with E-state index >= 15 is 0 Å². The molecule has 0 spiro atoms. The van der Waals surface area contributed by atoms with Crippen LogP contribution in [0.25, 0.3) is 16.9 Å². The van der Waals surface area contributed by atoms with Gasteiger partial charge in [0.25, 0.3) is 5.78 Å². The van der Waals surface area contributed by atoms with Gasteiger partial charge in [0.1, 0.15) is 44.6 Å². The largest absolute Gasteiger partial charge is 0.356 e. The second-order valence-corrected chi connectivity index (χ2v) is 9.52. The zero-order valence-electron chi connectivity index (χ0n) is 15.1. The zero-order chi connectivity index (χ0) is 20.9. The van der Waals surface area contributed by atoms with Gasteiger partial charge in [-0.3, -0.25) is 0 Å². The number of rotatable bonds is 3. The highest BCUT2D eigenvalue weighted by atomic mass is 35.5. The monoisotopic (exact) mass is 445 g/mol. The number of nitrogens with zero attached hydrogens (tertiary/aromatic N) is 5. The van der Waals surface area contributed by atoms with E-state index in [2.05, 4.69) is 15.1 Å². The van der Waals surface area contributed by atoms with Crippen LogP contribution in [-0.2, 0) is 9.84 Å². The number of halogens is 4. The van der Waals surface area contributed by atoms with Gasteiger partial charge in [-0.25, -0.2) is 21.6 Å². The summed E-state index contributed by atoms with van der Waals surface area (Å²) in [5.41, 5.74) is -0.640. The van der Waals surface area contributed by atoms with Crippen LogP contribution >= 0.6 is 11.6 Å². The normalized spacial score (nSPS) is 16.0. The standard InChI is InChI=1S/C17H15ClF3N5O2S/c1-29(27,28)10-2-4-25(5-3-10)16-14(13-11(20)6-9(19)7-12(13)21)15(18)24-17-22-8-23-26(16)17/h6-8,10H,2-5H2,1H3. The van der Waals surface area contributed by atoms with Crippen molar-refractivity contribution in [1.82, 2.24) is 19.6 Å². The lowest BCUT2D eigenvalue weighted by Gasteiger charge is -2.34. The lowest BCUT2D eigenvalue weighted by Crippen LogP contribution is -2.40. The summed E-state index contributed by atoms with van der Waals surface area (Å²) in [6.45, 7) is 0.564. The molecular weight excluding hydrogens is 431 g/mol. The number of benzene rings is 1. The second-order valence-electron chi connectivity index (χ2n) is 6.83. The van der Waals surface area contributed by atoms with E-state index in [1.165, 1.54) is 17.1 Å². The first-order chi connectivity index (χ1) is 13.7. The van der Waals surface area contributed by atoms with Crippen LogP contribution in [0, 0.1) is 17.5 Å². The Kier molecular flexibility index (Phi) is 4.89. The van der Waals surface area contributed by atoms with Crippen molar-refractivity contribution in [2.24, 2.45) is 0 Å². The van der Waals surface area contributed by atoms with Gasteiger partial charge in [-0.1, -0.05) is 11.6 Å². The first-order valence-corrected chi connectivity index (χ1v) is 11.0. The molecule has 1 aromatic carbocycles. The predicted octanol–water partition coefficient (Wildman–Crippen LogP) is 2.88. The summed E-state index contributed by atoms with van der Waals surface area (Å²) in [4.78, 5) is 9.73. The molecule has 29 heavy (non-hydrogen) atoms. The molecule has 4 rings (SSSR count). The molecule has 3 heterocycles. The van der Waals surface area contributed by atoms with Gasteiger partial charge in [0.15, 0.2) is 0 Å². The summed E-state index contributed by atoms with van der Waals surface area (Å²) in [6.07, 6.45) is 3.04. The highest BCUT2D eigenvalue weighted by molar-refractivity contribution is 7.91. The minimum absolute atomic E-state index is 0.0996. The minimum Gasteiger partial charge on any atom is -0.356 e. The molecule has 0 atom stereocenters. The van der Waals surface area contributed by atoms with Crippen LogP contribution in [0.3, 0.4) is 0 Å². The molecule has 0 radical (unpaired) electrons. The summed E-state index contributed by atoms with van der Waals surface area (Å²) in [6, 6.07) is 1.11. The third-order valence-corrected chi connectivity index (χ3v) is 6.92. The van der Waals surface area contributed by atoms with E-state index in [0.717, 1.165) is 0 Å². The van der Waals surface area contributed by atoms with Crippen LogP contribution in [0.2, 0.25) is 5.15 Å². The Balaban J connectivity index is 1.90. The molecule has 0 amide bonds. The Bertz CT molecular complexity index is 1190. The van der Waals surface area contributed by atoms with E-state index in [1.54, 1.807) is 4.90 Å². The highest BCUT2D eigenvalue weighted by Gasteiger charge is 2.32. The van der Waals surface area contributed by atoms with Crippen molar-refractivity contribution < 1.29 is 21.6 Å². The molecule has 0 unspecified atom stereocenters. The molecule has 7 nitrogen and oxygen atoms in total. The average Bonchev–Trinajstić information content (AvgIpc) is 3.08. The number of hydrogen-bond donors (Lipinski definition) is 0. The fourth-order valence-electron chi connectivity index (χ4n) is 3.59. The van der Waals surface area contributed by atoms with Crippen molar-refractivity contribution in [2.45, 2.75) is 18.1 Å². The van der Waals surface area contributed by atoms with Crippen molar-refractivity contribution in [2.75, 3.05) is 24.2 Å². The Morgan fingerprint density at radius 2 is 1.72 bits per heavy atom. The lowest BCUT2D eigenvalue weighted by atomic mass is 10.0. The quantitative estimate of drug-likeness (QED) is 0.577. The molecule has 1 aliphatic rings. The molecule has 1 saturated heterocycles. The van der Waals surface area contributed by atoms with Gasteiger partial charge < -0.3 is 4.90 Å². The van der Waals surface area contributed by atoms with Crippen molar-refractivity contribution in [3.05, 3.63) is 41.1 Å². The van der Waals surface area contributed by atoms with E-state index in [0.29, 0.717) is 25.0 Å². The number of fused-ring (bicyclic) bond motifs is 1. The van der Waals surface area contributed by atoms with Gasteiger partial charge in [-0.15, -0.1) is 0 Å². The molecule has 0 saturated carbocycles. The molecule has 0 aliphatic carbocycles. The maximum Gasteiger partial charge on any atom is 0.255 e. The smallest absolute Gasteiger partial charge is 0.255 e. The van der Waals surface area contributed by atoms with Crippen LogP contribution in [0.1, 0.15) is 12.8 Å². The summed E-state index contributed by atoms with van der Waals surface area (Å²) in [7, 11) is -3.21. The lowest BCUT2D eigenvalue weighted by molar-refractivity contribution is 0.529. The van der Waals surface area contributed by atoms with Gasteiger partial charge in [-0.05, 0) is 12.8 Å². The molecule has 1 fully saturated rings. The van der Waals surface area contributed by atoms with Crippen molar-refractivity contribution >= 4 is 33.0 Å². The summed E-state index contributed by atoms with van der Waals surface area (Å²) >= 11 is 6.26. The van der Waals surface area contributed by atoms with Gasteiger partial charge in [0.2, 0.25) is 0 Å². The van der Waals surface area contributed by atoms with E-state index in [9.17, 15) is 21.6 Å². The fraction of sp³-hybridized carbons (Fsp3) is 0.353. The van der Waals surface area contributed by atoms with E-state index in [-0.39, 0.29) is 35.4 Å². The molecule has 0 N–H and O–H groups in total. The Hall–Kier alpha value is -2.40. The van der Waals surface area contributed by atoms with Crippen LogP contribution in [-0.4, -0.2) is 52.6 Å². The number of hydrogen-bond acceptors (Lipinski definition) is 6. The van der Waals surface area contributed by atoms with E-state index < -0.39 is 38.1 Å². The molecular formula is C17H15ClF3N5O2S. The summed E-state index contributed by atoms with van der Waals surface area (Å²) < 4.78 is 67.5. The topological polar surface area (TPSA) is 80.5 Å². The maximum atomic E-state index is 14.6. The Morgan fingerprint density at radius 3 is 2.31 bits per heavy atom. The fourth-order valence-corrected chi connectivity index (χ4v) is 4.91. The molecule has 1 aliphatic heterocycles. The number of anilines is 1. The van der Waals surface area contributed by atoms with Crippen molar-refractivity contribution in [1.29, 1.82) is 0 Å². The van der Waals surface area contributed by atoms with Crippen molar-refractivity contribution in [3.63, 3.8) is 0 Å². The number of aromatic nitrogens is 4. The van der Waals surface area contributed by atoms with Crippen LogP contribution in [0.5, 0.6) is 0 Å². The summed E-state index contributed by atoms with van der Waals surface area (Å²) in [5.74, 6) is -3.02.